The van der Waals surface area contributed by atoms with Crippen molar-refractivity contribution in [3.8, 4) is 11.5 Å². The van der Waals surface area contributed by atoms with Gasteiger partial charge in [0.1, 0.15) is 0 Å². The molecule has 0 radical (unpaired) electrons. The maximum Gasteiger partial charge on any atom is 2.00 e. The summed E-state index contributed by atoms with van der Waals surface area (Å²) < 4.78 is 0. The first kappa shape index (κ1) is 21.4. The molecule has 2 rings (SSSR count). The van der Waals surface area contributed by atoms with Gasteiger partial charge in [0.15, 0.2) is 0 Å². The van der Waals surface area contributed by atoms with Crippen molar-refractivity contribution in [2.24, 2.45) is 0 Å². The standard InChI is InChI=1S/2C6H3Cl3O.Zn/c2*7-3-1-5(9)6(10)2-4(3)8;/h2*1-2,10H;/q;;+2/p-2. The van der Waals surface area contributed by atoms with Gasteiger partial charge in [0, 0.05) is 10.0 Å². The van der Waals surface area contributed by atoms with E-state index in [0.29, 0.717) is 10.0 Å². The Morgan fingerprint density at radius 1 is 0.476 bits per heavy atom. The number of benzene rings is 2. The summed E-state index contributed by atoms with van der Waals surface area (Å²) in [4.78, 5) is 0. The molecule has 0 amide bonds. The molecule has 108 valence electrons. The van der Waals surface area contributed by atoms with Gasteiger partial charge in [-0.15, -0.1) is 0 Å². The van der Waals surface area contributed by atoms with Crippen molar-refractivity contribution in [1.29, 1.82) is 0 Å². The van der Waals surface area contributed by atoms with E-state index >= 15 is 0 Å². The Balaban J connectivity index is 0.000000364. The smallest absolute Gasteiger partial charge is 0.871 e. The Bertz CT molecular complexity index is 480. The second-order valence-corrected chi connectivity index (χ2v) is 5.84. The summed E-state index contributed by atoms with van der Waals surface area (Å²) in [5.74, 6) is -0.618. The summed E-state index contributed by atoms with van der Waals surface area (Å²) in [5, 5.41) is 22.7. The fourth-order valence-electron chi connectivity index (χ4n) is 1.01. The van der Waals surface area contributed by atoms with Gasteiger partial charge < -0.3 is 10.2 Å². The van der Waals surface area contributed by atoms with Gasteiger partial charge in [0.2, 0.25) is 0 Å². The summed E-state index contributed by atoms with van der Waals surface area (Å²) >= 11 is 32.9. The van der Waals surface area contributed by atoms with Gasteiger partial charge in [-0.25, -0.2) is 0 Å². The summed E-state index contributed by atoms with van der Waals surface area (Å²) in [6.07, 6.45) is 0. The topological polar surface area (TPSA) is 46.1 Å². The molecule has 0 aliphatic heterocycles. The van der Waals surface area contributed by atoms with Crippen LogP contribution in [0.2, 0.25) is 30.1 Å². The fraction of sp³-hybridized carbons (Fsp3) is 0. The normalized spacial score (nSPS) is 9.43. The Kier molecular flexibility index (Phi) is 9.70. The fourth-order valence-corrected chi connectivity index (χ4v) is 2.08. The van der Waals surface area contributed by atoms with E-state index < -0.39 is 0 Å². The van der Waals surface area contributed by atoms with Crippen LogP contribution in [0.15, 0.2) is 24.3 Å². The minimum absolute atomic E-state index is 0. The largest absolute Gasteiger partial charge is 2.00 e. The van der Waals surface area contributed by atoms with E-state index in [1.165, 1.54) is 24.3 Å². The van der Waals surface area contributed by atoms with Crippen molar-refractivity contribution >= 4 is 69.6 Å². The van der Waals surface area contributed by atoms with E-state index in [0.717, 1.165) is 0 Å². The molecular weight excluding hydrogens is 454 g/mol. The average molecular weight is 458 g/mol. The van der Waals surface area contributed by atoms with E-state index in [9.17, 15) is 10.2 Å². The number of hydrogen-bond donors (Lipinski definition) is 0. The third kappa shape index (κ3) is 6.58. The zero-order chi connectivity index (χ0) is 15.4. The van der Waals surface area contributed by atoms with Crippen molar-refractivity contribution in [3.63, 3.8) is 0 Å². The first-order chi connectivity index (χ1) is 9.22. The van der Waals surface area contributed by atoms with Crippen molar-refractivity contribution in [2.45, 2.75) is 0 Å². The molecule has 0 aliphatic rings. The van der Waals surface area contributed by atoms with Gasteiger partial charge in [-0.05, 0) is 24.3 Å². The molecule has 0 fully saturated rings. The Hall–Kier alpha value is 0.403. The molecule has 0 spiro atoms. The Morgan fingerprint density at radius 3 is 0.952 bits per heavy atom. The summed E-state index contributed by atoms with van der Waals surface area (Å²) in [5.41, 5.74) is 0. The molecule has 0 bridgehead atoms. The number of halogens is 6. The van der Waals surface area contributed by atoms with E-state index in [2.05, 4.69) is 0 Å². The minimum Gasteiger partial charge on any atom is -0.871 e. The predicted molar refractivity (Wildman–Crippen MR) is 81.8 cm³/mol. The molecule has 9 heteroatoms. The van der Waals surface area contributed by atoms with Crippen LogP contribution in [0.4, 0.5) is 0 Å². The van der Waals surface area contributed by atoms with Crippen LogP contribution in [0.25, 0.3) is 0 Å². The zero-order valence-corrected chi connectivity index (χ0v) is 17.6. The summed E-state index contributed by atoms with van der Waals surface area (Å²) in [6.45, 7) is 0. The van der Waals surface area contributed by atoms with Crippen LogP contribution in [0.3, 0.4) is 0 Å². The molecule has 0 heterocycles. The van der Waals surface area contributed by atoms with Gasteiger partial charge in [0.25, 0.3) is 0 Å². The Morgan fingerprint density at radius 2 is 0.714 bits per heavy atom. The SMILES string of the molecule is [O-]c1cc(Cl)c(Cl)cc1Cl.[O-]c1cc(Cl)c(Cl)cc1Cl.[Zn+2]. The van der Waals surface area contributed by atoms with Gasteiger partial charge in [-0.3, -0.25) is 0 Å². The minimum atomic E-state index is -0.309. The van der Waals surface area contributed by atoms with Crippen molar-refractivity contribution in [2.75, 3.05) is 0 Å². The zero-order valence-electron chi connectivity index (χ0n) is 10.1. The molecule has 2 nitrogen and oxygen atoms in total. The van der Waals surface area contributed by atoms with Crippen LogP contribution >= 0.6 is 69.6 Å². The second-order valence-electron chi connectivity index (χ2n) is 3.39. The first-order valence-electron chi connectivity index (χ1n) is 4.85. The van der Waals surface area contributed by atoms with Crippen molar-refractivity contribution in [1.82, 2.24) is 0 Å². The molecule has 0 N–H and O–H groups in total. The van der Waals surface area contributed by atoms with E-state index in [1.54, 1.807) is 0 Å². The number of hydrogen-bond acceptors (Lipinski definition) is 2. The van der Waals surface area contributed by atoms with Crippen LogP contribution in [0.5, 0.6) is 11.5 Å². The predicted octanol–water partition coefficient (Wildman–Crippen LogP) is 5.44. The van der Waals surface area contributed by atoms with Gasteiger partial charge in [-0.1, -0.05) is 81.1 Å². The third-order valence-electron chi connectivity index (χ3n) is 1.95. The monoisotopic (exact) mass is 454 g/mol. The maximum atomic E-state index is 10.7. The average Bonchev–Trinajstić information content (AvgIpc) is 2.35. The molecule has 21 heavy (non-hydrogen) atoms. The van der Waals surface area contributed by atoms with Crippen LogP contribution in [-0.4, -0.2) is 0 Å². The molecule has 0 atom stereocenters. The first-order valence-corrected chi connectivity index (χ1v) is 7.12. The molecule has 0 saturated carbocycles. The van der Waals surface area contributed by atoms with E-state index in [4.69, 9.17) is 69.6 Å². The molecule has 0 unspecified atom stereocenters. The third-order valence-corrected chi connectivity index (χ3v) is 3.98. The molecule has 2 aromatic carbocycles. The molecule has 0 aliphatic carbocycles. The molecule has 0 aromatic heterocycles. The van der Waals surface area contributed by atoms with Crippen molar-refractivity contribution < 1.29 is 29.7 Å². The van der Waals surface area contributed by atoms with E-state index in [1.807, 2.05) is 0 Å². The molecular formula is C12H4Cl6O2Zn. The van der Waals surface area contributed by atoms with Crippen LogP contribution in [0.1, 0.15) is 0 Å². The van der Waals surface area contributed by atoms with Crippen LogP contribution in [-0.2, 0) is 19.5 Å². The second kappa shape index (κ2) is 9.52. The maximum absolute atomic E-state index is 10.7. The van der Waals surface area contributed by atoms with Gasteiger partial charge >= 0.3 is 19.5 Å². The van der Waals surface area contributed by atoms with Crippen LogP contribution < -0.4 is 10.2 Å². The summed E-state index contributed by atoms with van der Waals surface area (Å²) in [6, 6.07) is 5.03. The number of rotatable bonds is 0. The van der Waals surface area contributed by atoms with Gasteiger partial charge in [0.05, 0.1) is 20.1 Å². The Labute approximate surface area is 164 Å². The summed E-state index contributed by atoms with van der Waals surface area (Å²) in [7, 11) is 0. The van der Waals surface area contributed by atoms with E-state index in [-0.39, 0.29) is 51.1 Å². The van der Waals surface area contributed by atoms with Gasteiger partial charge in [-0.2, -0.15) is 0 Å². The molecule has 0 saturated heterocycles. The van der Waals surface area contributed by atoms with Crippen LogP contribution in [0, 0.1) is 0 Å². The molecule has 2 aromatic rings. The van der Waals surface area contributed by atoms with Crippen molar-refractivity contribution in [3.05, 3.63) is 54.4 Å². The quantitative estimate of drug-likeness (QED) is 0.390.